The molecule has 0 saturated carbocycles. The van der Waals surface area contributed by atoms with Gasteiger partial charge in [-0.3, -0.25) is 14.4 Å². The zero-order valence-electron chi connectivity index (χ0n) is 20.8. The highest BCUT2D eigenvalue weighted by molar-refractivity contribution is 5.95. The van der Waals surface area contributed by atoms with Crippen molar-refractivity contribution in [1.29, 1.82) is 0 Å². The van der Waals surface area contributed by atoms with Gasteiger partial charge in [-0.25, -0.2) is 4.79 Å². The van der Waals surface area contributed by atoms with E-state index < -0.39 is 35.9 Å². The highest BCUT2D eigenvalue weighted by Gasteiger charge is 2.39. The zero-order chi connectivity index (χ0) is 25.8. The van der Waals surface area contributed by atoms with Crippen LogP contribution in [0.2, 0.25) is 0 Å². The molecule has 10 heteroatoms. The van der Waals surface area contributed by atoms with Crippen molar-refractivity contribution in [2.24, 2.45) is 5.92 Å². The van der Waals surface area contributed by atoms with Crippen molar-refractivity contribution in [3.8, 4) is 0 Å². The number of aliphatic carboxylic acids is 1. The molecule has 2 aliphatic rings. The molecule has 1 aromatic heterocycles. The molecule has 2 fully saturated rings. The fourth-order valence-electron chi connectivity index (χ4n) is 5.14. The molecule has 36 heavy (non-hydrogen) atoms. The number of rotatable bonds is 9. The van der Waals surface area contributed by atoms with E-state index in [1.165, 1.54) is 4.90 Å². The first kappa shape index (κ1) is 25.7. The molecule has 194 valence electrons. The maximum Gasteiger partial charge on any atom is 0.326 e. The van der Waals surface area contributed by atoms with Gasteiger partial charge in [0.05, 0.1) is 6.04 Å². The average molecular weight is 498 g/mol. The number of likely N-dealkylation sites (tertiary alicyclic amines) is 1. The summed E-state index contributed by atoms with van der Waals surface area (Å²) in [5, 5.41) is 19.4. The number of benzene rings is 1. The van der Waals surface area contributed by atoms with Crippen molar-refractivity contribution in [2.75, 3.05) is 13.1 Å². The van der Waals surface area contributed by atoms with Crippen molar-refractivity contribution >= 4 is 34.6 Å². The van der Waals surface area contributed by atoms with Gasteiger partial charge >= 0.3 is 5.97 Å². The third-order valence-electron chi connectivity index (χ3n) is 7.16. The molecular weight excluding hydrogens is 462 g/mol. The second-order valence-corrected chi connectivity index (χ2v) is 10.0. The number of fused-ring (bicyclic) bond motifs is 1. The van der Waals surface area contributed by atoms with E-state index in [1.54, 1.807) is 0 Å². The molecule has 4 rings (SSSR count). The normalized spacial score (nSPS) is 21.5. The summed E-state index contributed by atoms with van der Waals surface area (Å²) in [7, 11) is 0. The number of hydrogen-bond donors (Lipinski definition) is 5. The largest absolute Gasteiger partial charge is 0.480 e. The topological polar surface area (TPSA) is 144 Å². The Hall–Kier alpha value is -3.40. The van der Waals surface area contributed by atoms with Gasteiger partial charge in [-0.15, -0.1) is 0 Å². The van der Waals surface area contributed by atoms with Crippen LogP contribution < -0.4 is 16.0 Å². The number of amides is 3. The van der Waals surface area contributed by atoms with Gasteiger partial charge in [-0.1, -0.05) is 32.0 Å². The predicted octanol–water partition coefficient (Wildman–Crippen LogP) is 1.16. The molecule has 2 saturated heterocycles. The molecule has 1 aromatic carbocycles. The Kier molecular flexibility index (Phi) is 7.93. The number of aromatic amines is 1. The van der Waals surface area contributed by atoms with Gasteiger partial charge < -0.3 is 30.9 Å². The summed E-state index contributed by atoms with van der Waals surface area (Å²) >= 11 is 0. The zero-order valence-corrected chi connectivity index (χ0v) is 20.8. The molecule has 0 radical (unpaired) electrons. The fraction of sp³-hybridized carbons (Fsp3) is 0.538. The molecule has 5 N–H and O–H groups in total. The third kappa shape index (κ3) is 5.53. The van der Waals surface area contributed by atoms with Crippen LogP contribution in [0, 0.1) is 5.92 Å². The molecule has 2 aliphatic heterocycles. The van der Waals surface area contributed by atoms with Gasteiger partial charge in [0.15, 0.2) is 0 Å². The first-order valence-electron chi connectivity index (χ1n) is 12.7. The Bertz CT molecular complexity index is 1120. The monoisotopic (exact) mass is 497 g/mol. The van der Waals surface area contributed by atoms with Gasteiger partial charge in [0.2, 0.25) is 17.7 Å². The van der Waals surface area contributed by atoms with E-state index in [0.717, 1.165) is 29.4 Å². The number of nitrogens with zero attached hydrogens (tertiary/aromatic N) is 1. The van der Waals surface area contributed by atoms with Crippen molar-refractivity contribution in [3.05, 3.63) is 36.0 Å². The van der Waals surface area contributed by atoms with E-state index in [2.05, 4.69) is 20.9 Å². The number of para-hydroxylation sites is 1. The van der Waals surface area contributed by atoms with Crippen LogP contribution in [0.1, 0.15) is 45.1 Å². The van der Waals surface area contributed by atoms with Crippen molar-refractivity contribution in [3.63, 3.8) is 0 Å². The van der Waals surface area contributed by atoms with E-state index >= 15 is 0 Å². The average Bonchev–Trinajstić information content (AvgIpc) is 3.62. The minimum absolute atomic E-state index is 0.245. The van der Waals surface area contributed by atoms with Crippen molar-refractivity contribution in [2.45, 2.75) is 70.1 Å². The lowest BCUT2D eigenvalue weighted by Gasteiger charge is -2.30. The number of H-pyrrole nitrogens is 1. The Labute approximate surface area is 210 Å². The van der Waals surface area contributed by atoms with Crippen LogP contribution in [0.15, 0.2) is 30.5 Å². The Morgan fingerprint density at radius 1 is 1.11 bits per heavy atom. The van der Waals surface area contributed by atoms with E-state index in [9.17, 15) is 24.3 Å². The van der Waals surface area contributed by atoms with Crippen LogP contribution in [-0.2, 0) is 25.6 Å². The van der Waals surface area contributed by atoms with Gasteiger partial charge in [0, 0.05) is 30.1 Å². The standard InChI is InChI=1S/C26H35N5O5/c1-15(2)22(25(34)31-12-6-10-21(31)26(35)36)30-24(33)20(29-23(32)19-9-5-11-27-19)13-16-14-28-18-8-4-3-7-17(16)18/h3-4,7-8,14-15,19-22,27-28H,5-6,9-13H2,1-2H3,(H,29,32)(H,30,33)(H,35,36). The second kappa shape index (κ2) is 11.1. The Morgan fingerprint density at radius 2 is 1.89 bits per heavy atom. The number of carboxylic acid groups (broad SMARTS) is 1. The smallest absolute Gasteiger partial charge is 0.326 e. The molecule has 4 atom stereocenters. The van der Waals surface area contributed by atoms with Gasteiger partial charge in [-0.05, 0) is 49.8 Å². The molecule has 10 nitrogen and oxygen atoms in total. The summed E-state index contributed by atoms with van der Waals surface area (Å²) in [5.41, 5.74) is 1.81. The fourth-order valence-corrected chi connectivity index (χ4v) is 5.14. The highest BCUT2D eigenvalue weighted by atomic mass is 16.4. The van der Waals surface area contributed by atoms with E-state index in [-0.39, 0.29) is 24.3 Å². The highest BCUT2D eigenvalue weighted by Crippen LogP contribution is 2.22. The predicted molar refractivity (Wildman–Crippen MR) is 134 cm³/mol. The lowest BCUT2D eigenvalue weighted by molar-refractivity contribution is -0.150. The Balaban J connectivity index is 1.55. The number of nitrogens with one attached hydrogen (secondary N) is 4. The van der Waals surface area contributed by atoms with Crippen LogP contribution >= 0.6 is 0 Å². The second-order valence-electron chi connectivity index (χ2n) is 10.0. The quantitative estimate of drug-likeness (QED) is 0.352. The maximum atomic E-state index is 13.6. The SMILES string of the molecule is CC(C)C(NC(=O)C(Cc1c[nH]c2ccccc12)NC(=O)C1CCCN1)C(=O)N1CCCC1C(=O)O. The molecule has 0 bridgehead atoms. The first-order valence-corrected chi connectivity index (χ1v) is 12.7. The molecular formula is C26H35N5O5. The van der Waals surface area contributed by atoms with Crippen LogP contribution in [0.3, 0.4) is 0 Å². The van der Waals surface area contributed by atoms with Gasteiger partial charge in [0.25, 0.3) is 0 Å². The minimum atomic E-state index is -1.04. The van der Waals surface area contributed by atoms with Gasteiger partial charge in [-0.2, -0.15) is 0 Å². The first-order chi connectivity index (χ1) is 17.3. The van der Waals surface area contributed by atoms with Gasteiger partial charge in [0.1, 0.15) is 18.1 Å². The van der Waals surface area contributed by atoms with Crippen molar-refractivity contribution < 1.29 is 24.3 Å². The van der Waals surface area contributed by atoms with E-state index in [1.807, 2.05) is 44.3 Å². The molecule has 3 heterocycles. The molecule has 4 unspecified atom stereocenters. The number of aromatic nitrogens is 1. The minimum Gasteiger partial charge on any atom is -0.480 e. The van der Waals surface area contributed by atoms with E-state index in [0.29, 0.717) is 25.8 Å². The number of carboxylic acids is 1. The summed E-state index contributed by atoms with van der Waals surface area (Å²) in [6.07, 6.45) is 4.67. The number of carbonyl (C=O) groups excluding carboxylic acids is 3. The summed E-state index contributed by atoms with van der Waals surface area (Å²) < 4.78 is 0. The summed E-state index contributed by atoms with van der Waals surface area (Å²) in [6.45, 7) is 4.72. The summed E-state index contributed by atoms with van der Waals surface area (Å²) in [6, 6.07) is 4.69. The molecule has 2 aromatic rings. The lowest BCUT2D eigenvalue weighted by Crippen LogP contribution is -2.58. The molecule has 0 spiro atoms. The lowest BCUT2D eigenvalue weighted by atomic mass is 9.99. The maximum absolute atomic E-state index is 13.6. The van der Waals surface area contributed by atoms with Crippen LogP contribution in [0.5, 0.6) is 0 Å². The Morgan fingerprint density at radius 3 is 2.58 bits per heavy atom. The molecule has 0 aliphatic carbocycles. The van der Waals surface area contributed by atoms with Crippen LogP contribution in [-0.4, -0.2) is 75.9 Å². The van der Waals surface area contributed by atoms with Crippen molar-refractivity contribution in [1.82, 2.24) is 25.8 Å². The summed E-state index contributed by atoms with van der Waals surface area (Å²) in [4.78, 5) is 56.0. The third-order valence-corrected chi connectivity index (χ3v) is 7.16. The van der Waals surface area contributed by atoms with E-state index in [4.69, 9.17) is 0 Å². The van der Waals surface area contributed by atoms with Crippen LogP contribution in [0.4, 0.5) is 0 Å². The number of carbonyl (C=O) groups is 4. The molecule has 3 amide bonds. The summed E-state index contributed by atoms with van der Waals surface area (Å²) in [5.74, 6) is -2.42. The number of hydrogen-bond acceptors (Lipinski definition) is 5. The van der Waals surface area contributed by atoms with Crippen LogP contribution in [0.25, 0.3) is 10.9 Å².